The molecular formula is C25H40O. The molecule has 1 aromatic rings. The van der Waals surface area contributed by atoms with Crippen molar-refractivity contribution < 1.29 is 4.74 Å². The number of hydrogen-bond acceptors (Lipinski definition) is 1. The number of unbranched alkanes of at least 4 members (excludes halogenated alkanes) is 1. The summed E-state index contributed by atoms with van der Waals surface area (Å²) in [5, 5.41) is 0. The first kappa shape index (κ1) is 21.1. The molecule has 1 aliphatic carbocycles. The maximum absolute atomic E-state index is 5.80. The fourth-order valence-electron chi connectivity index (χ4n) is 4.34. The molecule has 0 aromatic heterocycles. The van der Waals surface area contributed by atoms with E-state index in [1.165, 1.54) is 69.8 Å². The summed E-state index contributed by atoms with van der Waals surface area (Å²) in [6, 6.07) is 9.06. The quantitative estimate of drug-likeness (QED) is 0.344. The zero-order valence-electron chi connectivity index (χ0n) is 17.4. The maximum atomic E-state index is 5.80. The van der Waals surface area contributed by atoms with Crippen LogP contribution < -0.4 is 4.74 Å². The first-order chi connectivity index (χ1) is 12.8. The second-order valence-electron chi connectivity index (χ2n) is 8.03. The molecule has 26 heavy (non-hydrogen) atoms. The molecule has 0 saturated heterocycles. The Morgan fingerprint density at radius 2 is 1.73 bits per heavy atom. The average Bonchev–Trinajstić information content (AvgIpc) is 2.69. The Balaban J connectivity index is 2.18. The number of allylic oxidation sites excluding steroid dienone is 2. The Hall–Kier alpha value is -1.24. The Morgan fingerprint density at radius 1 is 0.923 bits per heavy atom. The van der Waals surface area contributed by atoms with Gasteiger partial charge in [0.15, 0.2) is 0 Å². The summed E-state index contributed by atoms with van der Waals surface area (Å²) < 4.78 is 5.80. The van der Waals surface area contributed by atoms with Crippen LogP contribution in [0.25, 0.3) is 0 Å². The molecule has 0 spiro atoms. The van der Waals surface area contributed by atoms with Gasteiger partial charge in [0, 0.05) is 0 Å². The predicted octanol–water partition coefficient (Wildman–Crippen LogP) is 8.06. The van der Waals surface area contributed by atoms with Crippen molar-refractivity contribution in [1.29, 1.82) is 0 Å². The molecule has 2 atom stereocenters. The highest BCUT2D eigenvalue weighted by atomic mass is 16.5. The van der Waals surface area contributed by atoms with Crippen molar-refractivity contribution in [2.75, 3.05) is 6.61 Å². The molecule has 1 aromatic carbocycles. The van der Waals surface area contributed by atoms with Gasteiger partial charge in [0.1, 0.15) is 5.75 Å². The minimum absolute atomic E-state index is 0.672. The molecule has 0 aliphatic heterocycles. The maximum Gasteiger partial charge on any atom is 0.119 e. The SMILES string of the molecule is CCCCC(CCC)C(CC1=CCCCC1)c1ccc(OCCC)cc1. The molecule has 0 saturated carbocycles. The first-order valence-corrected chi connectivity index (χ1v) is 11.2. The summed E-state index contributed by atoms with van der Waals surface area (Å²) in [6.07, 6.45) is 16.9. The topological polar surface area (TPSA) is 9.23 Å². The van der Waals surface area contributed by atoms with Crippen LogP contribution in [-0.4, -0.2) is 6.61 Å². The van der Waals surface area contributed by atoms with Gasteiger partial charge in [0.25, 0.3) is 0 Å². The van der Waals surface area contributed by atoms with Crippen LogP contribution >= 0.6 is 0 Å². The predicted molar refractivity (Wildman–Crippen MR) is 114 cm³/mol. The highest BCUT2D eigenvalue weighted by molar-refractivity contribution is 5.31. The number of hydrogen-bond donors (Lipinski definition) is 0. The van der Waals surface area contributed by atoms with Gasteiger partial charge in [-0.05, 0) is 74.5 Å². The molecule has 0 fully saturated rings. The summed E-state index contributed by atoms with van der Waals surface area (Å²) in [5.41, 5.74) is 3.24. The first-order valence-electron chi connectivity index (χ1n) is 11.2. The van der Waals surface area contributed by atoms with Crippen LogP contribution in [0.2, 0.25) is 0 Å². The van der Waals surface area contributed by atoms with Crippen LogP contribution in [0.15, 0.2) is 35.9 Å². The molecule has 1 nitrogen and oxygen atoms in total. The summed E-state index contributed by atoms with van der Waals surface area (Å²) >= 11 is 0. The molecule has 146 valence electrons. The molecule has 0 radical (unpaired) electrons. The molecule has 2 rings (SSSR count). The van der Waals surface area contributed by atoms with Gasteiger partial charge in [-0.1, -0.05) is 70.2 Å². The van der Waals surface area contributed by atoms with E-state index in [2.05, 4.69) is 51.1 Å². The number of benzene rings is 1. The van der Waals surface area contributed by atoms with E-state index in [9.17, 15) is 0 Å². The molecule has 0 bridgehead atoms. The van der Waals surface area contributed by atoms with E-state index in [1.807, 2.05) is 0 Å². The van der Waals surface area contributed by atoms with Crippen molar-refractivity contribution in [3.05, 3.63) is 41.5 Å². The standard InChI is InChI=1S/C25H40O/c1-4-7-14-22(11-5-2)25(20-21-12-9-8-10-13-21)23-15-17-24(18-16-23)26-19-6-3/h12,15-18,22,25H,4-11,13-14,19-20H2,1-3H3. The lowest BCUT2D eigenvalue weighted by Gasteiger charge is -2.30. The van der Waals surface area contributed by atoms with E-state index in [0.29, 0.717) is 5.92 Å². The second kappa shape index (κ2) is 12.2. The molecule has 1 heteroatoms. The normalized spacial score (nSPS) is 16.8. The van der Waals surface area contributed by atoms with Crippen LogP contribution in [0, 0.1) is 5.92 Å². The van der Waals surface area contributed by atoms with E-state index >= 15 is 0 Å². The van der Waals surface area contributed by atoms with Crippen molar-refractivity contribution in [1.82, 2.24) is 0 Å². The third kappa shape index (κ3) is 6.82. The van der Waals surface area contributed by atoms with E-state index in [-0.39, 0.29) is 0 Å². The summed E-state index contributed by atoms with van der Waals surface area (Å²) in [4.78, 5) is 0. The van der Waals surface area contributed by atoms with Crippen LogP contribution in [0.3, 0.4) is 0 Å². The van der Waals surface area contributed by atoms with Crippen molar-refractivity contribution in [2.45, 2.75) is 97.3 Å². The lowest BCUT2D eigenvalue weighted by Crippen LogP contribution is -2.15. The minimum Gasteiger partial charge on any atom is -0.494 e. The second-order valence-corrected chi connectivity index (χ2v) is 8.03. The molecule has 0 N–H and O–H groups in total. The highest BCUT2D eigenvalue weighted by Gasteiger charge is 2.24. The highest BCUT2D eigenvalue weighted by Crippen LogP contribution is 2.39. The minimum atomic E-state index is 0.672. The van der Waals surface area contributed by atoms with Crippen LogP contribution in [-0.2, 0) is 0 Å². The molecule has 0 amide bonds. The van der Waals surface area contributed by atoms with Gasteiger partial charge in [-0.2, -0.15) is 0 Å². The molecule has 0 heterocycles. The molecule has 1 aliphatic rings. The van der Waals surface area contributed by atoms with E-state index in [0.717, 1.165) is 24.7 Å². The summed E-state index contributed by atoms with van der Waals surface area (Å²) in [6.45, 7) is 7.63. The number of rotatable bonds is 12. The van der Waals surface area contributed by atoms with Gasteiger partial charge in [0.2, 0.25) is 0 Å². The largest absolute Gasteiger partial charge is 0.494 e. The fourth-order valence-corrected chi connectivity index (χ4v) is 4.34. The Labute approximate surface area is 162 Å². The van der Waals surface area contributed by atoms with Crippen molar-refractivity contribution >= 4 is 0 Å². The average molecular weight is 357 g/mol. The van der Waals surface area contributed by atoms with Crippen LogP contribution in [0.4, 0.5) is 0 Å². The zero-order chi connectivity index (χ0) is 18.6. The van der Waals surface area contributed by atoms with E-state index < -0.39 is 0 Å². The van der Waals surface area contributed by atoms with Gasteiger partial charge >= 0.3 is 0 Å². The van der Waals surface area contributed by atoms with Crippen molar-refractivity contribution in [2.24, 2.45) is 5.92 Å². The lowest BCUT2D eigenvalue weighted by molar-refractivity contribution is 0.316. The number of ether oxygens (including phenoxy) is 1. The Bertz CT molecular complexity index is 513. The molecule has 2 unspecified atom stereocenters. The third-order valence-corrected chi connectivity index (χ3v) is 5.81. The fraction of sp³-hybridized carbons (Fsp3) is 0.680. The van der Waals surface area contributed by atoms with Gasteiger partial charge in [-0.3, -0.25) is 0 Å². The van der Waals surface area contributed by atoms with Crippen molar-refractivity contribution in [3.8, 4) is 5.75 Å². The third-order valence-electron chi connectivity index (χ3n) is 5.81. The summed E-state index contributed by atoms with van der Waals surface area (Å²) in [7, 11) is 0. The van der Waals surface area contributed by atoms with Crippen molar-refractivity contribution in [3.63, 3.8) is 0 Å². The Morgan fingerprint density at radius 3 is 2.35 bits per heavy atom. The van der Waals surface area contributed by atoms with Gasteiger partial charge < -0.3 is 4.74 Å². The summed E-state index contributed by atoms with van der Waals surface area (Å²) in [5.74, 6) is 2.50. The lowest BCUT2D eigenvalue weighted by atomic mass is 9.75. The van der Waals surface area contributed by atoms with Gasteiger partial charge in [-0.25, -0.2) is 0 Å². The molecular weight excluding hydrogens is 316 g/mol. The smallest absolute Gasteiger partial charge is 0.119 e. The monoisotopic (exact) mass is 356 g/mol. The van der Waals surface area contributed by atoms with E-state index in [1.54, 1.807) is 5.57 Å². The van der Waals surface area contributed by atoms with Gasteiger partial charge in [0.05, 0.1) is 6.61 Å². The van der Waals surface area contributed by atoms with Crippen LogP contribution in [0.5, 0.6) is 5.75 Å². The van der Waals surface area contributed by atoms with Gasteiger partial charge in [-0.15, -0.1) is 0 Å². The Kier molecular flexibility index (Phi) is 9.89. The van der Waals surface area contributed by atoms with Crippen LogP contribution in [0.1, 0.15) is 103 Å². The van der Waals surface area contributed by atoms with E-state index in [4.69, 9.17) is 4.74 Å². The zero-order valence-corrected chi connectivity index (χ0v) is 17.4.